The Labute approximate surface area is 199 Å². The molecule has 0 unspecified atom stereocenters. The van der Waals surface area contributed by atoms with Gasteiger partial charge >= 0.3 is 199 Å². The second-order valence-corrected chi connectivity index (χ2v) is 16.4. The van der Waals surface area contributed by atoms with Gasteiger partial charge in [-0.1, -0.05) is 0 Å². The molecule has 30 heavy (non-hydrogen) atoms. The van der Waals surface area contributed by atoms with Gasteiger partial charge in [0, 0.05) is 0 Å². The Morgan fingerprint density at radius 3 is 0.600 bits per heavy atom. The van der Waals surface area contributed by atoms with Crippen LogP contribution in [0.5, 0.6) is 0 Å². The molecule has 0 aromatic rings. The fourth-order valence-corrected chi connectivity index (χ4v) is 15.3. The molecule has 0 saturated carbocycles. The van der Waals surface area contributed by atoms with Crippen molar-refractivity contribution in [3.05, 3.63) is 0 Å². The van der Waals surface area contributed by atoms with E-state index in [4.69, 9.17) is 15.5 Å². The predicted molar refractivity (Wildman–Crippen MR) is 144 cm³/mol. The minimum absolute atomic E-state index is 1.16. The first-order valence-electron chi connectivity index (χ1n) is 13.2. The van der Waals surface area contributed by atoms with Crippen LogP contribution in [-0.2, 0) is 0 Å². The summed E-state index contributed by atoms with van der Waals surface area (Å²) in [6, 6.07) is 0. The van der Waals surface area contributed by atoms with E-state index in [2.05, 4.69) is 74.1 Å². The Morgan fingerprint density at radius 2 is 0.500 bits per heavy atom. The van der Waals surface area contributed by atoms with Crippen molar-refractivity contribution in [2.75, 3.05) is 52.4 Å². The molecular formula is C24H56BrN4P. The van der Waals surface area contributed by atoms with Gasteiger partial charge in [0.15, 0.2) is 0 Å². The number of rotatable bonds is 20. The molecule has 0 aliphatic rings. The van der Waals surface area contributed by atoms with Gasteiger partial charge in [0.05, 0.1) is 0 Å². The van der Waals surface area contributed by atoms with Gasteiger partial charge in [-0.3, -0.25) is 0 Å². The zero-order valence-corrected chi connectivity index (χ0v) is 24.4. The van der Waals surface area contributed by atoms with E-state index < -0.39 is 5.91 Å². The summed E-state index contributed by atoms with van der Waals surface area (Å²) in [4.78, 5) is 0. The van der Waals surface area contributed by atoms with Gasteiger partial charge in [-0.25, -0.2) is 0 Å². The van der Waals surface area contributed by atoms with Crippen molar-refractivity contribution in [2.24, 2.45) is 0 Å². The molecular weight excluding hydrogens is 455 g/mol. The third-order valence-corrected chi connectivity index (χ3v) is 16.7. The Hall–Kier alpha value is 0.750. The van der Waals surface area contributed by atoms with Gasteiger partial charge in [-0.15, -0.1) is 0 Å². The van der Waals surface area contributed by atoms with Crippen LogP contribution in [0.2, 0.25) is 0 Å². The average molecular weight is 512 g/mol. The minimum atomic E-state index is -2.86. The van der Waals surface area contributed by atoms with E-state index >= 15 is 0 Å². The van der Waals surface area contributed by atoms with E-state index in [0.717, 1.165) is 52.4 Å². The molecule has 0 aromatic carbocycles. The van der Waals surface area contributed by atoms with Gasteiger partial charge in [0.1, 0.15) is 0 Å². The fourth-order valence-electron chi connectivity index (χ4n) is 4.96. The Kier molecular flexibility index (Phi) is 16.8. The Balaban J connectivity index is 7.19. The SMILES string of the molecule is CCCN(CCC)P(Br)(N(CCC)CCC)(N(CCC)CCC)N(CCC)CCC. The molecule has 0 aliphatic heterocycles. The van der Waals surface area contributed by atoms with Crippen molar-refractivity contribution < 1.29 is 0 Å². The van der Waals surface area contributed by atoms with Crippen LogP contribution in [0.4, 0.5) is 0 Å². The molecule has 0 aromatic heterocycles. The topological polar surface area (TPSA) is 13.0 Å². The monoisotopic (exact) mass is 510 g/mol. The van der Waals surface area contributed by atoms with Gasteiger partial charge in [-0.2, -0.15) is 0 Å². The summed E-state index contributed by atoms with van der Waals surface area (Å²) in [7, 11) is 0. The second-order valence-electron chi connectivity index (χ2n) is 8.65. The molecule has 0 aliphatic carbocycles. The fraction of sp³-hybridized carbons (Fsp3) is 1.00. The van der Waals surface area contributed by atoms with Gasteiger partial charge in [-0.05, 0) is 0 Å². The van der Waals surface area contributed by atoms with E-state index in [-0.39, 0.29) is 0 Å². The van der Waals surface area contributed by atoms with Crippen LogP contribution >= 0.6 is 21.4 Å². The number of hydrogen-bond acceptors (Lipinski definition) is 4. The van der Waals surface area contributed by atoms with Gasteiger partial charge in [0.2, 0.25) is 0 Å². The van der Waals surface area contributed by atoms with Crippen molar-refractivity contribution in [1.82, 2.24) is 18.7 Å². The van der Waals surface area contributed by atoms with E-state index in [1.807, 2.05) is 0 Å². The first kappa shape index (κ1) is 30.8. The summed E-state index contributed by atoms with van der Waals surface area (Å²) in [6.45, 7) is 28.1. The zero-order valence-electron chi connectivity index (χ0n) is 21.9. The van der Waals surface area contributed by atoms with Crippen molar-refractivity contribution >= 4 is 21.4 Å². The molecule has 0 fully saturated rings. The van der Waals surface area contributed by atoms with E-state index in [9.17, 15) is 0 Å². The molecule has 0 radical (unpaired) electrons. The summed E-state index contributed by atoms with van der Waals surface area (Å²) in [5.41, 5.74) is 0. The van der Waals surface area contributed by atoms with E-state index in [0.29, 0.717) is 0 Å². The molecule has 0 saturated heterocycles. The van der Waals surface area contributed by atoms with E-state index in [1.54, 1.807) is 0 Å². The molecule has 0 heterocycles. The summed E-state index contributed by atoms with van der Waals surface area (Å²) < 4.78 is 11.7. The maximum absolute atomic E-state index is 4.80. The molecule has 4 nitrogen and oxygen atoms in total. The van der Waals surface area contributed by atoms with Crippen molar-refractivity contribution in [1.29, 1.82) is 0 Å². The average Bonchev–Trinajstić information content (AvgIpc) is 2.73. The summed E-state index contributed by atoms with van der Waals surface area (Å²) in [5, 5.41) is 0. The normalized spacial score (nSPS) is 14.2. The molecule has 6 heteroatoms. The third kappa shape index (κ3) is 6.87. The van der Waals surface area contributed by atoms with Crippen molar-refractivity contribution in [3.8, 4) is 0 Å². The molecule has 0 N–H and O–H groups in total. The first-order valence-corrected chi connectivity index (χ1v) is 17.2. The molecule has 0 amide bonds. The second kappa shape index (κ2) is 16.4. The Bertz CT molecular complexity index is 325. The summed E-state index contributed by atoms with van der Waals surface area (Å²) in [5.74, 6) is -2.86. The number of hydrogen-bond donors (Lipinski definition) is 0. The molecule has 0 bridgehead atoms. The van der Waals surface area contributed by atoms with Crippen LogP contribution in [0.1, 0.15) is 107 Å². The molecule has 0 spiro atoms. The Morgan fingerprint density at radius 1 is 0.367 bits per heavy atom. The standard InChI is InChI=1S/C24H56BrN4P/c1-9-17-26(18-10-2)30(25,27(19-11-3)20-12-4,28(21-13-5)22-14-6)29(23-15-7)24-16-8/h9-24H2,1-8H3. The third-order valence-electron chi connectivity index (χ3n) is 5.80. The van der Waals surface area contributed by atoms with Crippen LogP contribution in [0.3, 0.4) is 0 Å². The summed E-state index contributed by atoms with van der Waals surface area (Å²) >= 11 is 4.80. The first-order chi connectivity index (χ1) is 14.4. The van der Waals surface area contributed by atoms with E-state index in [1.165, 1.54) is 51.4 Å². The van der Waals surface area contributed by atoms with Gasteiger partial charge in [0.25, 0.3) is 0 Å². The molecule has 0 atom stereocenters. The van der Waals surface area contributed by atoms with Crippen molar-refractivity contribution in [2.45, 2.75) is 107 Å². The molecule has 184 valence electrons. The zero-order chi connectivity index (χ0) is 23.1. The van der Waals surface area contributed by atoms with Crippen LogP contribution in [0, 0.1) is 0 Å². The summed E-state index contributed by atoms with van der Waals surface area (Å²) in [6.07, 6.45) is 9.62. The maximum atomic E-state index is 4.80. The van der Waals surface area contributed by atoms with Gasteiger partial charge < -0.3 is 0 Å². The predicted octanol–water partition coefficient (Wildman–Crippen LogP) is 8.00. The number of nitrogens with zero attached hydrogens (tertiary/aromatic N) is 4. The quantitative estimate of drug-likeness (QED) is 0.154. The number of halogens is 1. The van der Waals surface area contributed by atoms with Crippen LogP contribution < -0.4 is 0 Å². The van der Waals surface area contributed by atoms with Crippen molar-refractivity contribution in [3.63, 3.8) is 0 Å². The van der Waals surface area contributed by atoms with Crippen LogP contribution in [0.15, 0.2) is 0 Å². The van der Waals surface area contributed by atoms with Crippen LogP contribution in [0.25, 0.3) is 0 Å². The molecule has 0 rings (SSSR count). The van der Waals surface area contributed by atoms with Crippen LogP contribution in [-0.4, -0.2) is 71.0 Å².